The molecule has 1 aromatic heterocycles. The average Bonchev–Trinajstić information content (AvgIpc) is 3.51. The van der Waals surface area contributed by atoms with Crippen molar-refractivity contribution in [3.05, 3.63) is 125 Å². The van der Waals surface area contributed by atoms with Crippen molar-refractivity contribution in [2.24, 2.45) is 0 Å². The van der Waals surface area contributed by atoms with Gasteiger partial charge in [0.2, 0.25) is 5.91 Å². The van der Waals surface area contributed by atoms with E-state index in [0.717, 1.165) is 29.4 Å². The van der Waals surface area contributed by atoms with Crippen LogP contribution in [-0.2, 0) is 27.0 Å². The molecule has 2 aliphatic heterocycles. The van der Waals surface area contributed by atoms with E-state index in [4.69, 9.17) is 4.74 Å². The highest BCUT2D eigenvalue weighted by atomic mass is 19.4. The summed E-state index contributed by atoms with van der Waals surface area (Å²) < 4.78 is 47.4. The first-order valence-corrected chi connectivity index (χ1v) is 16.2. The molecule has 3 heterocycles. The Hall–Kier alpha value is -5.27. The number of hydrogen-bond donors (Lipinski definition) is 2. The van der Waals surface area contributed by atoms with Crippen LogP contribution in [0.5, 0.6) is 0 Å². The van der Waals surface area contributed by atoms with Gasteiger partial charge in [-0.05, 0) is 55.4 Å². The Morgan fingerprint density at radius 2 is 1.78 bits per heavy atom. The number of hydrogen-bond acceptors (Lipinski definition) is 6. The molecule has 0 saturated carbocycles. The van der Waals surface area contributed by atoms with E-state index in [1.165, 1.54) is 11.0 Å². The number of ether oxygens (including phenoxy) is 1. The molecule has 2 aliphatic rings. The van der Waals surface area contributed by atoms with E-state index in [2.05, 4.69) is 22.3 Å². The third-order valence-electron chi connectivity index (χ3n) is 9.05. The van der Waals surface area contributed by atoms with Crippen molar-refractivity contribution >= 4 is 23.5 Å². The summed E-state index contributed by atoms with van der Waals surface area (Å²) in [5.74, 6) is -1.81. The molecular weight excluding hydrogens is 649 g/mol. The fourth-order valence-corrected chi connectivity index (χ4v) is 6.26. The van der Waals surface area contributed by atoms with Crippen LogP contribution < -0.4 is 15.5 Å². The van der Waals surface area contributed by atoms with Crippen LogP contribution in [0.1, 0.15) is 45.5 Å². The minimum atomic E-state index is -4.65. The zero-order valence-electron chi connectivity index (χ0n) is 27.6. The standard InChI is InChI=1S/C37H37F3N6O4/c1-4-45-35-30(19-42-46(35)28-14-6-5-7-15-28)31(32(36(45)49)43-34(48)26-12-9-13-27(17-26)37(38,39)40)25-11-8-10-24(16-25)18-41-33(47)23(2)20-44(3)29-21-50-22-29/h5-17,19,29,31-32H,2,4,18,20-22H2,1,3H3,(H,41,47)(H,43,48). The molecule has 260 valence electrons. The minimum Gasteiger partial charge on any atom is -0.378 e. The van der Waals surface area contributed by atoms with Crippen LogP contribution in [0.15, 0.2) is 97.2 Å². The monoisotopic (exact) mass is 686 g/mol. The summed E-state index contributed by atoms with van der Waals surface area (Å²) in [6, 6.07) is 19.7. The van der Waals surface area contributed by atoms with Gasteiger partial charge >= 0.3 is 6.18 Å². The smallest absolute Gasteiger partial charge is 0.378 e. The molecule has 2 N–H and O–H groups in total. The fourth-order valence-electron chi connectivity index (χ4n) is 6.26. The number of nitrogens with one attached hydrogen (secondary N) is 2. The number of carbonyl (C=O) groups is 3. The first-order chi connectivity index (χ1) is 24.0. The molecule has 0 bridgehead atoms. The van der Waals surface area contributed by atoms with Gasteiger partial charge in [0.25, 0.3) is 11.8 Å². The Morgan fingerprint density at radius 3 is 2.46 bits per heavy atom. The number of amides is 3. The molecule has 13 heteroatoms. The maximum absolute atomic E-state index is 14.3. The lowest BCUT2D eigenvalue weighted by Crippen LogP contribution is -2.55. The first kappa shape index (κ1) is 34.6. The number of anilines is 1. The maximum Gasteiger partial charge on any atom is 0.416 e. The third-order valence-corrected chi connectivity index (χ3v) is 9.05. The number of para-hydroxylation sites is 1. The number of alkyl halides is 3. The topological polar surface area (TPSA) is 109 Å². The van der Waals surface area contributed by atoms with E-state index in [9.17, 15) is 27.6 Å². The van der Waals surface area contributed by atoms with E-state index in [-0.39, 0.29) is 30.6 Å². The number of rotatable bonds is 11. The lowest BCUT2D eigenvalue weighted by atomic mass is 9.81. The number of nitrogens with zero attached hydrogens (tertiary/aromatic N) is 4. The van der Waals surface area contributed by atoms with Crippen LogP contribution in [0.4, 0.5) is 19.0 Å². The summed E-state index contributed by atoms with van der Waals surface area (Å²) in [4.78, 5) is 44.4. The lowest BCUT2D eigenvalue weighted by Gasteiger charge is -2.38. The Labute approximate surface area is 287 Å². The van der Waals surface area contributed by atoms with Gasteiger partial charge in [-0.15, -0.1) is 0 Å². The fraction of sp³-hybridized carbons (Fsp3) is 0.297. The molecule has 4 aromatic rings. The number of fused-ring (bicyclic) bond motifs is 1. The van der Waals surface area contributed by atoms with Crippen LogP contribution >= 0.6 is 0 Å². The maximum atomic E-state index is 14.3. The summed E-state index contributed by atoms with van der Waals surface area (Å²) >= 11 is 0. The second-order valence-electron chi connectivity index (χ2n) is 12.4. The van der Waals surface area contributed by atoms with Crippen LogP contribution in [0.3, 0.4) is 0 Å². The number of benzene rings is 3. The Morgan fingerprint density at radius 1 is 1.04 bits per heavy atom. The van der Waals surface area contributed by atoms with Gasteiger partial charge in [-0.25, -0.2) is 4.68 Å². The highest BCUT2D eigenvalue weighted by Crippen LogP contribution is 2.42. The number of likely N-dealkylation sites (N-methyl/N-ethyl adjacent to an activating group) is 2. The second-order valence-corrected chi connectivity index (χ2v) is 12.4. The van der Waals surface area contributed by atoms with Gasteiger partial charge in [-0.3, -0.25) is 24.2 Å². The molecule has 3 amide bonds. The van der Waals surface area contributed by atoms with Crippen molar-refractivity contribution in [3.8, 4) is 5.69 Å². The number of carbonyl (C=O) groups excluding carboxylic acids is 3. The van der Waals surface area contributed by atoms with Gasteiger partial charge in [0.15, 0.2) is 0 Å². The summed E-state index contributed by atoms with van der Waals surface area (Å²) in [5.41, 5.74) is 1.94. The van der Waals surface area contributed by atoms with Crippen LogP contribution in [0.25, 0.3) is 5.69 Å². The average molecular weight is 687 g/mol. The summed E-state index contributed by atoms with van der Waals surface area (Å²) in [6.07, 6.45) is -3.00. The van der Waals surface area contributed by atoms with Crippen molar-refractivity contribution in [1.82, 2.24) is 25.3 Å². The summed E-state index contributed by atoms with van der Waals surface area (Å²) in [7, 11) is 1.91. The van der Waals surface area contributed by atoms with E-state index >= 15 is 0 Å². The van der Waals surface area contributed by atoms with Crippen molar-refractivity contribution in [2.75, 3.05) is 38.3 Å². The van der Waals surface area contributed by atoms with Gasteiger partial charge in [-0.2, -0.15) is 18.3 Å². The predicted octanol–water partition coefficient (Wildman–Crippen LogP) is 4.69. The van der Waals surface area contributed by atoms with Crippen LogP contribution in [0, 0.1) is 0 Å². The number of aromatic nitrogens is 2. The zero-order chi connectivity index (χ0) is 35.6. The molecular formula is C37H37F3N6O4. The van der Waals surface area contributed by atoms with Gasteiger partial charge < -0.3 is 15.4 Å². The van der Waals surface area contributed by atoms with Crippen molar-refractivity contribution in [2.45, 2.75) is 37.6 Å². The molecule has 3 aromatic carbocycles. The third kappa shape index (κ3) is 7.05. The molecule has 0 spiro atoms. The predicted molar refractivity (Wildman–Crippen MR) is 181 cm³/mol. The lowest BCUT2D eigenvalue weighted by molar-refractivity contribution is -0.137. The molecule has 6 rings (SSSR count). The SMILES string of the molecule is C=C(CN(C)C1COC1)C(=O)NCc1cccc(C2c3cnn(-c4ccccc4)c3N(CC)C(=O)C2NC(=O)c2cccc(C(F)(F)F)c2)c1. The molecule has 1 fully saturated rings. The summed E-state index contributed by atoms with van der Waals surface area (Å²) in [5, 5.41) is 10.3. The van der Waals surface area contributed by atoms with Gasteiger partial charge in [0, 0.05) is 42.3 Å². The minimum absolute atomic E-state index is 0.168. The van der Waals surface area contributed by atoms with Gasteiger partial charge in [0.1, 0.15) is 11.9 Å². The molecule has 1 saturated heterocycles. The van der Waals surface area contributed by atoms with E-state index in [1.54, 1.807) is 23.9 Å². The number of halogens is 3. The quantitative estimate of drug-likeness (QED) is 0.222. The van der Waals surface area contributed by atoms with Crippen LogP contribution in [-0.4, -0.2) is 77.8 Å². The molecule has 50 heavy (non-hydrogen) atoms. The van der Waals surface area contributed by atoms with Crippen molar-refractivity contribution in [3.63, 3.8) is 0 Å². The zero-order valence-corrected chi connectivity index (χ0v) is 27.6. The van der Waals surface area contributed by atoms with E-state index < -0.39 is 35.5 Å². The Balaban J connectivity index is 1.33. The molecule has 0 aliphatic carbocycles. The molecule has 0 radical (unpaired) electrons. The highest BCUT2D eigenvalue weighted by molar-refractivity contribution is 6.05. The van der Waals surface area contributed by atoms with Gasteiger partial charge in [0.05, 0.1) is 36.7 Å². The highest BCUT2D eigenvalue weighted by Gasteiger charge is 2.44. The van der Waals surface area contributed by atoms with Crippen molar-refractivity contribution in [1.29, 1.82) is 0 Å². The molecule has 2 atom stereocenters. The van der Waals surface area contributed by atoms with E-state index in [0.29, 0.717) is 42.3 Å². The second kappa shape index (κ2) is 14.3. The van der Waals surface area contributed by atoms with Crippen molar-refractivity contribution < 1.29 is 32.3 Å². The summed E-state index contributed by atoms with van der Waals surface area (Å²) in [6.45, 7) is 7.77. The van der Waals surface area contributed by atoms with Crippen LogP contribution in [0.2, 0.25) is 0 Å². The first-order valence-electron chi connectivity index (χ1n) is 16.2. The largest absolute Gasteiger partial charge is 0.416 e. The van der Waals surface area contributed by atoms with E-state index in [1.807, 2.05) is 60.5 Å². The van der Waals surface area contributed by atoms with Gasteiger partial charge in [-0.1, -0.05) is 55.1 Å². The Bertz CT molecular complexity index is 1910. The normalized spacial score (nSPS) is 17.6. The molecule has 10 nitrogen and oxygen atoms in total. The Kier molecular flexibility index (Phi) is 9.89. The molecule has 2 unspecified atom stereocenters.